The fourth-order valence-corrected chi connectivity index (χ4v) is 5.85. The van der Waals surface area contributed by atoms with E-state index in [2.05, 4.69) is 4.98 Å². The smallest absolute Gasteiger partial charge is 0.311 e. The first-order valence-corrected chi connectivity index (χ1v) is 8.18. The molecule has 2 aliphatic rings. The van der Waals surface area contributed by atoms with Crippen LogP contribution in [0.25, 0.3) is 0 Å². The molecule has 2 aliphatic carbocycles. The second kappa shape index (κ2) is 4.28. The zero-order valence-electron chi connectivity index (χ0n) is 11.3. The van der Waals surface area contributed by atoms with Crippen molar-refractivity contribution in [1.82, 2.24) is 4.98 Å². The van der Waals surface area contributed by atoms with Gasteiger partial charge >= 0.3 is 5.97 Å². The molecule has 0 amide bonds. The minimum atomic E-state index is -3.51. The maximum atomic E-state index is 12.9. The SMILES string of the molecule is COC(=O)C12CCC(S(=O)(=O)c3ccccn3)(CC1)C2. The van der Waals surface area contributed by atoms with Crippen LogP contribution >= 0.6 is 0 Å². The molecular weight excluding hydrogens is 278 g/mol. The minimum absolute atomic E-state index is 0.113. The average Bonchev–Trinajstić information content (AvgIpc) is 3.06. The van der Waals surface area contributed by atoms with Crippen molar-refractivity contribution in [2.45, 2.75) is 41.9 Å². The summed E-state index contributed by atoms with van der Waals surface area (Å²) < 4.78 is 29.7. The van der Waals surface area contributed by atoms with Gasteiger partial charge < -0.3 is 4.74 Å². The zero-order chi connectivity index (χ0) is 14.4. The van der Waals surface area contributed by atoms with Crippen LogP contribution in [-0.2, 0) is 19.4 Å². The number of carbonyl (C=O) groups is 1. The number of ether oxygens (including phenoxy) is 1. The molecule has 2 saturated carbocycles. The zero-order valence-corrected chi connectivity index (χ0v) is 12.1. The van der Waals surface area contributed by atoms with Crippen molar-refractivity contribution in [2.75, 3.05) is 7.11 Å². The van der Waals surface area contributed by atoms with Crippen molar-refractivity contribution < 1.29 is 17.9 Å². The number of sulfone groups is 1. The molecule has 1 aromatic heterocycles. The van der Waals surface area contributed by atoms with Crippen molar-refractivity contribution in [3.8, 4) is 0 Å². The first-order chi connectivity index (χ1) is 9.46. The Kier molecular flexibility index (Phi) is 2.90. The highest BCUT2D eigenvalue weighted by Crippen LogP contribution is 2.61. The third-order valence-electron chi connectivity index (χ3n) is 4.88. The fraction of sp³-hybridized carbons (Fsp3) is 0.571. The van der Waals surface area contributed by atoms with Gasteiger partial charge in [-0.25, -0.2) is 13.4 Å². The van der Waals surface area contributed by atoms with Crippen molar-refractivity contribution in [3.05, 3.63) is 24.4 Å². The maximum absolute atomic E-state index is 12.9. The van der Waals surface area contributed by atoms with Crippen LogP contribution in [0.1, 0.15) is 32.1 Å². The third kappa shape index (κ3) is 1.63. The van der Waals surface area contributed by atoms with Gasteiger partial charge in [0.15, 0.2) is 5.03 Å². The van der Waals surface area contributed by atoms with E-state index < -0.39 is 20.0 Å². The lowest BCUT2D eigenvalue weighted by Gasteiger charge is -2.26. The molecular formula is C14H17NO4S. The number of nitrogens with zero attached hydrogens (tertiary/aromatic N) is 1. The molecule has 0 atom stereocenters. The minimum Gasteiger partial charge on any atom is -0.469 e. The standard InChI is InChI=1S/C14H17NO4S/c1-19-12(16)13-5-7-14(10-13,8-6-13)20(17,18)11-4-2-3-9-15-11/h2-4,9H,5-8,10H2,1H3. The summed E-state index contributed by atoms with van der Waals surface area (Å²) in [6.45, 7) is 0. The average molecular weight is 295 g/mol. The second-order valence-electron chi connectivity index (χ2n) is 5.80. The Hall–Kier alpha value is -1.43. The summed E-state index contributed by atoms with van der Waals surface area (Å²) in [6, 6.07) is 4.90. The van der Waals surface area contributed by atoms with E-state index in [1.165, 1.54) is 19.4 Å². The van der Waals surface area contributed by atoms with Crippen molar-refractivity contribution >= 4 is 15.8 Å². The van der Waals surface area contributed by atoms with Crippen LogP contribution in [0.4, 0.5) is 0 Å². The molecule has 6 heteroatoms. The molecule has 1 aromatic rings. The molecule has 0 aromatic carbocycles. The summed E-state index contributed by atoms with van der Waals surface area (Å²) in [6.07, 6.45) is 4.06. The van der Waals surface area contributed by atoms with Gasteiger partial charge in [0.2, 0.25) is 9.84 Å². The molecule has 0 N–H and O–H groups in total. The molecule has 2 fully saturated rings. The molecule has 1 heterocycles. The predicted molar refractivity (Wildman–Crippen MR) is 71.7 cm³/mol. The number of fused-ring (bicyclic) bond motifs is 2. The maximum Gasteiger partial charge on any atom is 0.311 e. The topological polar surface area (TPSA) is 73.3 Å². The molecule has 5 nitrogen and oxygen atoms in total. The Labute approximate surface area is 118 Å². The second-order valence-corrected chi connectivity index (χ2v) is 8.09. The van der Waals surface area contributed by atoms with Gasteiger partial charge in [0.05, 0.1) is 17.3 Å². The first kappa shape index (κ1) is 13.5. The van der Waals surface area contributed by atoms with Gasteiger partial charge in [-0.05, 0) is 44.2 Å². The molecule has 0 unspecified atom stereocenters. The van der Waals surface area contributed by atoms with Gasteiger partial charge in [-0.1, -0.05) is 6.07 Å². The number of methoxy groups -OCH3 is 1. The Balaban J connectivity index is 1.99. The molecule has 0 spiro atoms. The molecule has 3 rings (SSSR count). The van der Waals surface area contributed by atoms with E-state index in [9.17, 15) is 13.2 Å². The Morgan fingerprint density at radius 2 is 1.95 bits per heavy atom. The molecule has 2 bridgehead atoms. The molecule has 0 saturated heterocycles. The number of rotatable bonds is 3. The predicted octanol–water partition coefficient (Wildman–Crippen LogP) is 1.73. The van der Waals surface area contributed by atoms with E-state index in [4.69, 9.17) is 4.74 Å². The summed E-state index contributed by atoms with van der Waals surface area (Å²) in [5, 5.41) is 0.113. The van der Waals surface area contributed by atoms with Gasteiger partial charge in [0, 0.05) is 6.20 Å². The highest BCUT2D eigenvalue weighted by atomic mass is 32.2. The monoisotopic (exact) mass is 295 g/mol. The van der Waals surface area contributed by atoms with Gasteiger partial charge in [0.25, 0.3) is 0 Å². The van der Waals surface area contributed by atoms with Crippen LogP contribution in [0.3, 0.4) is 0 Å². The lowest BCUT2D eigenvalue weighted by Crippen LogP contribution is -2.34. The largest absolute Gasteiger partial charge is 0.469 e. The lowest BCUT2D eigenvalue weighted by molar-refractivity contribution is -0.152. The van der Waals surface area contributed by atoms with Crippen molar-refractivity contribution in [1.29, 1.82) is 0 Å². The van der Waals surface area contributed by atoms with Crippen LogP contribution in [0.15, 0.2) is 29.4 Å². The Bertz CT molecular complexity index is 630. The lowest BCUT2D eigenvalue weighted by atomic mass is 9.84. The quantitative estimate of drug-likeness (QED) is 0.794. The number of aromatic nitrogens is 1. The van der Waals surface area contributed by atoms with Gasteiger partial charge in [-0.15, -0.1) is 0 Å². The number of pyridine rings is 1. The Morgan fingerprint density at radius 1 is 1.25 bits per heavy atom. The van der Waals surface area contributed by atoms with Crippen LogP contribution in [0, 0.1) is 5.41 Å². The van der Waals surface area contributed by atoms with Crippen molar-refractivity contribution in [2.24, 2.45) is 5.41 Å². The third-order valence-corrected chi connectivity index (χ3v) is 7.37. The summed E-state index contributed by atoms with van der Waals surface area (Å²) in [5.41, 5.74) is -0.601. The van der Waals surface area contributed by atoms with Crippen LogP contribution in [0.5, 0.6) is 0 Å². The Morgan fingerprint density at radius 3 is 2.50 bits per heavy atom. The number of hydrogen-bond acceptors (Lipinski definition) is 5. The fourth-order valence-electron chi connectivity index (χ4n) is 3.74. The van der Waals surface area contributed by atoms with Gasteiger partial charge in [-0.3, -0.25) is 4.79 Å². The van der Waals surface area contributed by atoms with E-state index in [-0.39, 0.29) is 11.0 Å². The van der Waals surface area contributed by atoms with E-state index >= 15 is 0 Å². The molecule has 20 heavy (non-hydrogen) atoms. The molecule has 0 radical (unpaired) electrons. The van der Waals surface area contributed by atoms with E-state index in [0.29, 0.717) is 32.1 Å². The summed E-state index contributed by atoms with van der Waals surface area (Å²) in [7, 11) is -2.14. The van der Waals surface area contributed by atoms with E-state index in [1.807, 2.05) is 0 Å². The number of hydrogen-bond donors (Lipinski definition) is 0. The molecule has 108 valence electrons. The summed E-state index contributed by atoms with van der Waals surface area (Å²) in [5.74, 6) is -0.270. The van der Waals surface area contributed by atoms with Crippen molar-refractivity contribution in [3.63, 3.8) is 0 Å². The normalized spacial score (nSPS) is 32.2. The van der Waals surface area contributed by atoms with Gasteiger partial charge in [-0.2, -0.15) is 0 Å². The van der Waals surface area contributed by atoms with Crippen LogP contribution in [0.2, 0.25) is 0 Å². The van der Waals surface area contributed by atoms with Gasteiger partial charge in [0.1, 0.15) is 0 Å². The van der Waals surface area contributed by atoms with Crippen LogP contribution < -0.4 is 0 Å². The number of carbonyl (C=O) groups excluding carboxylic acids is 1. The van der Waals surface area contributed by atoms with Crippen LogP contribution in [-0.4, -0.2) is 31.2 Å². The first-order valence-electron chi connectivity index (χ1n) is 6.70. The highest BCUT2D eigenvalue weighted by Gasteiger charge is 2.64. The summed E-state index contributed by atoms with van der Waals surface area (Å²) in [4.78, 5) is 16.0. The summed E-state index contributed by atoms with van der Waals surface area (Å²) >= 11 is 0. The highest BCUT2D eigenvalue weighted by molar-refractivity contribution is 7.92. The van der Waals surface area contributed by atoms with E-state index in [1.54, 1.807) is 12.1 Å². The molecule has 0 aliphatic heterocycles. The number of esters is 1. The van der Waals surface area contributed by atoms with E-state index in [0.717, 1.165) is 0 Å².